The van der Waals surface area contributed by atoms with Crippen LogP contribution in [0.2, 0.25) is 0 Å². The van der Waals surface area contributed by atoms with Crippen LogP contribution in [0, 0.1) is 17.1 Å². The van der Waals surface area contributed by atoms with E-state index in [9.17, 15) is 4.39 Å². The van der Waals surface area contributed by atoms with Gasteiger partial charge in [0.1, 0.15) is 5.82 Å². The van der Waals surface area contributed by atoms with E-state index in [1.807, 2.05) is 30.1 Å². The molecule has 0 bridgehead atoms. The first-order valence-electron chi connectivity index (χ1n) is 6.17. The molecule has 0 N–H and O–H groups in total. The molecule has 19 heavy (non-hydrogen) atoms. The number of halogens is 1. The van der Waals surface area contributed by atoms with Crippen LogP contribution in [0.25, 0.3) is 0 Å². The molecular weight excluding hydrogens is 239 g/mol. The molecule has 0 aromatic heterocycles. The maximum absolute atomic E-state index is 13.4. The third kappa shape index (κ3) is 2.92. The van der Waals surface area contributed by atoms with E-state index in [4.69, 9.17) is 5.26 Å². The molecule has 0 amide bonds. The van der Waals surface area contributed by atoms with Crippen LogP contribution < -0.4 is 4.90 Å². The average Bonchev–Trinajstić information content (AvgIpc) is 2.46. The van der Waals surface area contributed by atoms with Crippen molar-refractivity contribution < 1.29 is 4.39 Å². The summed E-state index contributed by atoms with van der Waals surface area (Å²) in [4.78, 5) is 1.86. The lowest BCUT2D eigenvalue weighted by atomic mass is 10.1. The first kappa shape index (κ1) is 13.1. The number of anilines is 2. The van der Waals surface area contributed by atoms with Crippen LogP contribution in [0.15, 0.2) is 42.5 Å². The highest BCUT2D eigenvalue weighted by molar-refractivity contribution is 5.64. The van der Waals surface area contributed by atoms with E-state index in [0.717, 1.165) is 12.1 Å². The van der Waals surface area contributed by atoms with E-state index >= 15 is 0 Å². The molecule has 2 rings (SSSR count). The van der Waals surface area contributed by atoms with Gasteiger partial charge in [-0.05, 0) is 42.3 Å². The Bertz CT molecular complexity index is 612. The van der Waals surface area contributed by atoms with Crippen molar-refractivity contribution >= 4 is 11.4 Å². The standard InChI is InChI=1S/C16H15FN2/c1-3-12-4-6-15(7-5-12)19(2)16-9-13(11-18)8-14(17)10-16/h4-10H,3H2,1-2H3. The lowest BCUT2D eigenvalue weighted by Gasteiger charge is -2.20. The van der Waals surface area contributed by atoms with Gasteiger partial charge in [-0.25, -0.2) is 4.39 Å². The minimum Gasteiger partial charge on any atom is -0.345 e. The molecule has 2 nitrogen and oxygen atoms in total. The maximum Gasteiger partial charge on any atom is 0.126 e. The molecule has 2 aromatic rings. The smallest absolute Gasteiger partial charge is 0.126 e. The summed E-state index contributed by atoms with van der Waals surface area (Å²) in [5.74, 6) is -0.397. The molecule has 0 saturated heterocycles. The maximum atomic E-state index is 13.4. The van der Waals surface area contributed by atoms with Gasteiger partial charge >= 0.3 is 0 Å². The SMILES string of the molecule is CCc1ccc(N(C)c2cc(F)cc(C#N)c2)cc1. The van der Waals surface area contributed by atoms with Crippen LogP contribution in [-0.2, 0) is 6.42 Å². The highest BCUT2D eigenvalue weighted by Crippen LogP contribution is 2.25. The molecule has 0 spiro atoms. The van der Waals surface area contributed by atoms with Gasteiger partial charge in [0.2, 0.25) is 0 Å². The van der Waals surface area contributed by atoms with Gasteiger partial charge < -0.3 is 4.90 Å². The summed E-state index contributed by atoms with van der Waals surface area (Å²) in [6.07, 6.45) is 0.989. The second kappa shape index (κ2) is 5.53. The van der Waals surface area contributed by atoms with E-state index < -0.39 is 5.82 Å². The fourth-order valence-electron chi connectivity index (χ4n) is 1.94. The Morgan fingerprint density at radius 3 is 2.37 bits per heavy atom. The Hall–Kier alpha value is -2.34. The number of hydrogen-bond acceptors (Lipinski definition) is 2. The summed E-state index contributed by atoms with van der Waals surface area (Å²) in [5, 5.41) is 8.87. The Morgan fingerprint density at radius 1 is 1.11 bits per heavy atom. The van der Waals surface area contributed by atoms with Gasteiger partial charge in [-0.2, -0.15) is 5.26 Å². The molecule has 0 saturated carbocycles. The number of rotatable bonds is 3. The lowest BCUT2D eigenvalue weighted by molar-refractivity contribution is 0.627. The van der Waals surface area contributed by atoms with Gasteiger partial charge in [-0.1, -0.05) is 19.1 Å². The van der Waals surface area contributed by atoms with Crippen molar-refractivity contribution in [3.63, 3.8) is 0 Å². The van der Waals surface area contributed by atoms with Crippen LogP contribution in [-0.4, -0.2) is 7.05 Å². The highest BCUT2D eigenvalue weighted by Gasteiger charge is 2.07. The molecule has 0 unspecified atom stereocenters. The summed E-state index contributed by atoms with van der Waals surface area (Å²) in [7, 11) is 1.86. The number of nitriles is 1. The second-order valence-electron chi connectivity index (χ2n) is 4.39. The Labute approximate surface area is 112 Å². The molecule has 0 aliphatic carbocycles. The Kier molecular flexibility index (Phi) is 3.82. The van der Waals surface area contributed by atoms with Crippen LogP contribution in [0.4, 0.5) is 15.8 Å². The van der Waals surface area contributed by atoms with Crippen LogP contribution >= 0.6 is 0 Å². The zero-order chi connectivity index (χ0) is 13.8. The van der Waals surface area contributed by atoms with Crippen molar-refractivity contribution in [1.29, 1.82) is 5.26 Å². The largest absolute Gasteiger partial charge is 0.345 e. The van der Waals surface area contributed by atoms with Gasteiger partial charge in [-0.15, -0.1) is 0 Å². The summed E-state index contributed by atoms with van der Waals surface area (Å²) < 4.78 is 13.4. The first-order chi connectivity index (χ1) is 9.13. The van der Waals surface area contributed by atoms with E-state index in [2.05, 4.69) is 19.1 Å². The van der Waals surface area contributed by atoms with Gasteiger partial charge in [0.15, 0.2) is 0 Å². The average molecular weight is 254 g/mol. The molecule has 3 heteroatoms. The van der Waals surface area contributed by atoms with E-state index in [0.29, 0.717) is 11.3 Å². The molecule has 2 aromatic carbocycles. The van der Waals surface area contributed by atoms with E-state index in [-0.39, 0.29) is 0 Å². The molecule has 0 atom stereocenters. The van der Waals surface area contributed by atoms with Gasteiger partial charge in [0.05, 0.1) is 11.6 Å². The van der Waals surface area contributed by atoms with Crippen molar-refractivity contribution in [2.45, 2.75) is 13.3 Å². The fraction of sp³-hybridized carbons (Fsp3) is 0.188. The van der Waals surface area contributed by atoms with Crippen LogP contribution in [0.1, 0.15) is 18.1 Å². The third-order valence-electron chi connectivity index (χ3n) is 3.13. The van der Waals surface area contributed by atoms with Gasteiger partial charge in [-0.3, -0.25) is 0 Å². The molecule has 0 aliphatic heterocycles. The Balaban J connectivity index is 2.35. The van der Waals surface area contributed by atoms with Crippen molar-refractivity contribution in [2.75, 3.05) is 11.9 Å². The van der Waals surface area contributed by atoms with Gasteiger partial charge in [0.25, 0.3) is 0 Å². The zero-order valence-electron chi connectivity index (χ0n) is 11.0. The first-order valence-corrected chi connectivity index (χ1v) is 6.17. The minimum atomic E-state index is -0.397. The highest BCUT2D eigenvalue weighted by atomic mass is 19.1. The predicted molar refractivity (Wildman–Crippen MR) is 75.0 cm³/mol. The van der Waals surface area contributed by atoms with E-state index in [1.165, 1.54) is 17.7 Å². The van der Waals surface area contributed by atoms with Crippen LogP contribution in [0.3, 0.4) is 0 Å². The number of nitrogens with zero attached hydrogens (tertiary/aromatic N) is 2. The normalized spacial score (nSPS) is 10.0. The molecule has 0 heterocycles. The monoisotopic (exact) mass is 254 g/mol. The summed E-state index contributed by atoms with van der Waals surface area (Å²) in [6.45, 7) is 2.10. The minimum absolute atomic E-state index is 0.326. The predicted octanol–water partition coefficient (Wildman–Crippen LogP) is 4.03. The van der Waals surface area contributed by atoms with Crippen molar-refractivity contribution in [1.82, 2.24) is 0 Å². The van der Waals surface area contributed by atoms with Crippen LogP contribution in [0.5, 0.6) is 0 Å². The lowest BCUT2D eigenvalue weighted by Crippen LogP contribution is -2.10. The third-order valence-corrected chi connectivity index (χ3v) is 3.13. The summed E-state index contributed by atoms with van der Waals surface area (Å²) in [6, 6.07) is 14.4. The molecule has 0 radical (unpaired) electrons. The zero-order valence-corrected chi connectivity index (χ0v) is 11.0. The topological polar surface area (TPSA) is 27.0 Å². The number of benzene rings is 2. The molecule has 96 valence electrons. The quantitative estimate of drug-likeness (QED) is 0.827. The molecular formula is C16H15FN2. The Morgan fingerprint density at radius 2 is 1.79 bits per heavy atom. The molecule has 0 aliphatic rings. The van der Waals surface area contributed by atoms with Crippen molar-refractivity contribution in [3.8, 4) is 6.07 Å². The van der Waals surface area contributed by atoms with Crippen molar-refractivity contribution in [2.24, 2.45) is 0 Å². The number of aryl methyl sites for hydroxylation is 1. The molecule has 0 fully saturated rings. The number of hydrogen-bond donors (Lipinski definition) is 0. The van der Waals surface area contributed by atoms with Gasteiger partial charge in [0, 0.05) is 18.4 Å². The summed E-state index contributed by atoms with van der Waals surface area (Å²) in [5.41, 5.74) is 3.22. The van der Waals surface area contributed by atoms with E-state index in [1.54, 1.807) is 6.07 Å². The van der Waals surface area contributed by atoms with Crippen molar-refractivity contribution in [3.05, 3.63) is 59.4 Å². The summed E-state index contributed by atoms with van der Waals surface area (Å²) >= 11 is 0. The fourth-order valence-corrected chi connectivity index (χ4v) is 1.94. The second-order valence-corrected chi connectivity index (χ2v) is 4.39.